The van der Waals surface area contributed by atoms with Crippen LogP contribution in [0.15, 0.2) is 41.3 Å². The standard InChI is InChI=1S/C24H30N4O5S/c29-14-15-34(32,33)26-17-3-6-19(21(16-17)27-12-9-24(7-8-24)10-13-27)22(30)25-20-2-1-11-28(23(20)31)18-4-5-18/h1-3,6,11,16,18,26,29H,4-5,7-10,12-15H2,(H,25,30). The normalized spacial score (nSPS) is 19.1. The molecule has 34 heavy (non-hydrogen) atoms. The number of aliphatic hydroxyl groups excluding tert-OH is 1. The van der Waals surface area contributed by atoms with Crippen LogP contribution in [-0.4, -0.2) is 49.4 Å². The van der Waals surface area contributed by atoms with Crippen molar-refractivity contribution in [2.24, 2.45) is 5.41 Å². The molecule has 1 saturated heterocycles. The summed E-state index contributed by atoms with van der Waals surface area (Å²) in [6.45, 7) is 1.09. The topological polar surface area (TPSA) is 121 Å². The summed E-state index contributed by atoms with van der Waals surface area (Å²) >= 11 is 0. The Labute approximate surface area is 198 Å². The highest BCUT2D eigenvalue weighted by molar-refractivity contribution is 7.92. The summed E-state index contributed by atoms with van der Waals surface area (Å²) in [4.78, 5) is 28.2. The van der Waals surface area contributed by atoms with Crippen molar-refractivity contribution >= 4 is 33.0 Å². The number of amides is 1. The molecule has 9 nitrogen and oxygen atoms in total. The molecule has 1 aromatic carbocycles. The molecule has 10 heteroatoms. The molecular weight excluding hydrogens is 456 g/mol. The van der Waals surface area contributed by atoms with Crippen LogP contribution < -0.4 is 20.5 Å². The fraction of sp³-hybridized carbons (Fsp3) is 0.500. The Hall–Kier alpha value is -2.85. The van der Waals surface area contributed by atoms with Crippen molar-refractivity contribution in [1.82, 2.24) is 4.57 Å². The SMILES string of the molecule is O=C(Nc1cccn(C2CC2)c1=O)c1ccc(NS(=O)(=O)CCO)cc1N1CCC2(CC1)CC2. The number of aromatic nitrogens is 1. The molecular formula is C24H30N4O5S. The van der Waals surface area contributed by atoms with Crippen LogP contribution >= 0.6 is 0 Å². The van der Waals surface area contributed by atoms with E-state index in [1.807, 2.05) is 0 Å². The lowest BCUT2D eigenvalue weighted by atomic mass is 9.93. The lowest BCUT2D eigenvalue weighted by molar-refractivity contribution is 0.102. The third-order valence-electron chi connectivity index (χ3n) is 7.16. The van der Waals surface area contributed by atoms with Gasteiger partial charge >= 0.3 is 0 Å². The number of anilines is 3. The van der Waals surface area contributed by atoms with E-state index in [9.17, 15) is 18.0 Å². The van der Waals surface area contributed by atoms with E-state index in [0.29, 0.717) is 22.4 Å². The summed E-state index contributed by atoms with van der Waals surface area (Å²) < 4.78 is 28.5. The molecule has 1 aliphatic heterocycles. The van der Waals surface area contributed by atoms with Crippen molar-refractivity contribution in [3.63, 3.8) is 0 Å². The quantitative estimate of drug-likeness (QED) is 0.527. The summed E-state index contributed by atoms with van der Waals surface area (Å²) in [6, 6.07) is 8.36. The van der Waals surface area contributed by atoms with Crippen LogP contribution in [0, 0.1) is 5.41 Å². The van der Waals surface area contributed by atoms with Crippen LogP contribution in [0.4, 0.5) is 17.1 Å². The smallest absolute Gasteiger partial charge is 0.274 e. The first-order chi connectivity index (χ1) is 16.3. The van der Waals surface area contributed by atoms with Gasteiger partial charge in [-0.05, 0) is 74.3 Å². The van der Waals surface area contributed by atoms with Gasteiger partial charge in [0.1, 0.15) is 5.69 Å². The van der Waals surface area contributed by atoms with E-state index in [4.69, 9.17) is 5.11 Å². The van der Waals surface area contributed by atoms with Crippen molar-refractivity contribution in [1.29, 1.82) is 0 Å². The molecule has 0 unspecified atom stereocenters. The Kier molecular flexibility index (Phi) is 5.89. The number of nitrogens with one attached hydrogen (secondary N) is 2. The number of piperidine rings is 1. The third kappa shape index (κ3) is 4.83. The lowest BCUT2D eigenvalue weighted by Gasteiger charge is -2.35. The first-order valence-electron chi connectivity index (χ1n) is 11.8. The van der Waals surface area contributed by atoms with Crippen molar-refractivity contribution in [3.05, 3.63) is 52.4 Å². The molecule has 182 valence electrons. The lowest BCUT2D eigenvalue weighted by Crippen LogP contribution is -2.36. The van der Waals surface area contributed by atoms with Crippen LogP contribution in [0.1, 0.15) is 54.9 Å². The average Bonchev–Trinajstić information content (AvgIpc) is 3.73. The van der Waals surface area contributed by atoms with E-state index >= 15 is 0 Å². The molecule has 0 bridgehead atoms. The van der Waals surface area contributed by atoms with E-state index < -0.39 is 28.3 Å². The molecule has 0 atom stereocenters. The van der Waals surface area contributed by atoms with Crippen molar-refractivity contribution in [3.8, 4) is 0 Å². The van der Waals surface area contributed by atoms with Gasteiger partial charge in [-0.3, -0.25) is 14.3 Å². The van der Waals surface area contributed by atoms with Crippen LogP contribution in [0.25, 0.3) is 0 Å². The zero-order chi connectivity index (χ0) is 23.9. The highest BCUT2D eigenvalue weighted by Gasteiger charge is 2.44. The number of nitrogens with zero attached hydrogens (tertiary/aromatic N) is 2. The largest absolute Gasteiger partial charge is 0.395 e. The average molecular weight is 487 g/mol. The monoisotopic (exact) mass is 486 g/mol. The van der Waals surface area contributed by atoms with Crippen LogP contribution in [0.2, 0.25) is 0 Å². The third-order valence-corrected chi connectivity index (χ3v) is 8.43. The number of hydrogen-bond donors (Lipinski definition) is 3. The highest BCUT2D eigenvalue weighted by atomic mass is 32.2. The van der Waals surface area contributed by atoms with Gasteiger partial charge < -0.3 is 19.9 Å². The molecule has 5 rings (SSSR count). The van der Waals surface area contributed by atoms with Gasteiger partial charge in [-0.2, -0.15) is 0 Å². The maximum atomic E-state index is 13.3. The van der Waals surface area contributed by atoms with Gasteiger partial charge in [0.2, 0.25) is 10.0 Å². The van der Waals surface area contributed by atoms with Gasteiger partial charge in [0, 0.05) is 25.3 Å². The van der Waals surface area contributed by atoms with Gasteiger partial charge in [0.25, 0.3) is 11.5 Å². The zero-order valence-electron chi connectivity index (χ0n) is 19.0. The fourth-order valence-corrected chi connectivity index (χ4v) is 5.56. The second-order valence-electron chi connectivity index (χ2n) is 9.68. The van der Waals surface area contributed by atoms with E-state index in [0.717, 1.165) is 38.8 Å². The summed E-state index contributed by atoms with van der Waals surface area (Å²) in [5.74, 6) is -0.810. The molecule has 2 saturated carbocycles. The molecule has 0 radical (unpaired) electrons. The van der Waals surface area contributed by atoms with E-state index in [1.54, 1.807) is 35.0 Å². The second-order valence-corrected chi connectivity index (χ2v) is 11.5. The summed E-state index contributed by atoms with van der Waals surface area (Å²) in [7, 11) is -3.70. The minimum atomic E-state index is -3.70. The number of carbonyl (C=O) groups is 1. The summed E-state index contributed by atoms with van der Waals surface area (Å²) in [5, 5.41) is 11.8. The molecule has 3 N–H and O–H groups in total. The highest BCUT2D eigenvalue weighted by Crippen LogP contribution is 2.54. The molecule has 1 spiro atoms. The Morgan fingerprint density at radius 2 is 1.85 bits per heavy atom. The Morgan fingerprint density at radius 3 is 2.50 bits per heavy atom. The van der Waals surface area contributed by atoms with Gasteiger partial charge in [0.05, 0.1) is 29.3 Å². The fourth-order valence-electron chi connectivity index (χ4n) is 4.73. The number of carbonyl (C=O) groups excluding carboxylic acids is 1. The minimum Gasteiger partial charge on any atom is -0.395 e. The van der Waals surface area contributed by atoms with Crippen LogP contribution in [0.3, 0.4) is 0 Å². The van der Waals surface area contributed by atoms with E-state index in [-0.39, 0.29) is 17.3 Å². The minimum absolute atomic E-state index is 0.203. The molecule has 2 heterocycles. The zero-order valence-corrected chi connectivity index (χ0v) is 19.8. The van der Waals surface area contributed by atoms with Gasteiger partial charge in [-0.1, -0.05) is 0 Å². The molecule has 1 aromatic heterocycles. The molecule has 2 aliphatic carbocycles. The Morgan fingerprint density at radius 1 is 1.12 bits per heavy atom. The van der Waals surface area contributed by atoms with Crippen molar-refractivity contribution in [2.45, 2.75) is 44.6 Å². The molecule has 3 aliphatic rings. The number of hydrogen-bond acceptors (Lipinski definition) is 6. The van der Waals surface area contributed by atoms with Gasteiger partial charge in [-0.25, -0.2) is 8.42 Å². The van der Waals surface area contributed by atoms with Gasteiger partial charge in [0.15, 0.2) is 0 Å². The van der Waals surface area contributed by atoms with E-state index in [1.165, 1.54) is 18.9 Å². The predicted octanol–water partition coefficient (Wildman–Crippen LogP) is 2.55. The molecule has 3 fully saturated rings. The van der Waals surface area contributed by atoms with E-state index in [2.05, 4.69) is 14.9 Å². The first-order valence-corrected chi connectivity index (χ1v) is 13.5. The van der Waals surface area contributed by atoms with Crippen molar-refractivity contribution in [2.75, 3.05) is 40.4 Å². The van der Waals surface area contributed by atoms with Crippen LogP contribution in [0.5, 0.6) is 0 Å². The Balaban J connectivity index is 1.43. The number of sulfonamides is 1. The molecule has 1 amide bonds. The van der Waals surface area contributed by atoms with Gasteiger partial charge in [-0.15, -0.1) is 0 Å². The summed E-state index contributed by atoms with van der Waals surface area (Å²) in [6.07, 6.45) is 8.25. The van der Waals surface area contributed by atoms with Crippen molar-refractivity contribution < 1.29 is 18.3 Å². The maximum absolute atomic E-state index is 13.3. The number of rotatable bonds is 8. The summed E-state index contributed by atoms with van der Waals surface area (Å²) in [5.41, 5.74) is 1.81. The Bertz CT molecular complexity index is 1250. The molecule has 2 aromatic rings. The number of pyridine rings is 1. The number of benzene rings is 1. The maximum Gasteiger partial charge on any atom is 0.274 e. The second kappa shape index (κ2) is 8.74. The predicted molar refractivity (Wildman–Crippen MR) is 131 cm³/mol. The number of aliphatic hydroxyl groups is 1. The first kappa shape index (κ1) is 22.9. The van der Waals surface area contributed by atoms with Crippen LogP contribution in [-0.2, 0) is 10.0 Å².